The molecule has 2 heterocycles. The second-order valence-corrected chi connectivity index (χ2v) is 9.18. The summed E-state index contributed by atoms with van der Waals surface area (Å²) in [5, 5.41) is 21.8. The SMILES string of the molecule is CCNC(=O)N=C(NC(CC1CCCCC1)C(=O)NC1(CC#N)CCNCC1)c1cnccn1. The lowest BCUT2D eigenvalue weighted by atomic mass is 9.83. The lowest BCUT2D eigenvalue weighted by Crippen LogP contribution is -2.59. The quantitative estimate of drug-likeness (QED) is 0.337. The second kappa shape index (κ2) is 13.0. The van der Waals surface area contributed by atoms with Gasteiger partial charge in [0.05, 0.1) is 24.2 Å². The van der Waals surface area contributed by atoms with Crippen molar-refractivity contribution < 1.29 is 9.59 Å². The molecule has 34 heavy (non-hydrogen) atoms. The summed E-state index contributed by atoms with van der Waals surface area (Å²) in [6.45, 7) is 3.76. The number of nitrogens with one attached hydrogen (secondary N) is 4. The van der Waals surface area contributed by atoms with Gasteiger partial charge in [-0.2, -0.15) is 10.3 Å². The van der Waals surface area contributed by atoms with Crippen molar-refractivity contribution in [2.45, 2.75) is 76.3 Å². The van der Waals surface area contributed by atoms with E-state index in [1.165, 1.54) is 18.8 Å². The van der Waals surface area contributed by atoms with Crippen molar-refractivity contribution in [3.05, 3.63) is 24.3 Å². The molecular weight excluding hydrogens is 432 g/mol. The fourth-order valence-corrected chi connectivity index (χ4v) is 4.78. The summed E-state index contributed by atoms with van der Waals surface area (Å²) in [5.74, 6) is 0.453. The number of amidine groups is 1. The third-order valence-electron chi connectivity index (χ3n) is 6.63. The Kier molecular flexibility index (Phi) is 9.76. The molecule has 10 nitrogen and oxygen atoms in total. The topological polar surface area (TPSA) is 144 Å². The minimum absolute atomic E-state index is 0.171. The minimum Gasteiger partial charge on any atom is -0.356 e. The highest BCUT2D eigenvalue weighted by molar-refractivity contribution is 6.05. The molecule has 3 amide bonds. The summed E-state index contributed by atoms with van der Waals surface area (Å²) in [6, 6.07) is 1.14. The highest BCUT2D eigenvalue weighted by atomic mass is 16.2. The van der Waals surface area contributed by atoms with Crippen LogP contribution in [0.15, 0.2) is 23.6 Å². The number of aromatic nitrogens is 2. The zero-order valence-electron chi connectivity index (χ0n) is 20.0. The predicted octanol–water partition coefficient (Wildman–Crippen LogP) is 2.03. The van der Waals surface area contributed by atoms with E-state index in [1.807, 2.05) is 6.92 Å². The third kappa shape index (κ3) is 7.48. The first-order valence-corrected chi connectivity index (χ1v) is 12.3. The molecule has 0 aromatic carbocycles. The number of hydrogen-bond donors (Lipinski definition) is 4. The maximum absolute atomic E-state index is 13.6. The Morgan fingerprint density at radius 3 is 2.68 bits per heavy atom. The van der Waals surface area contributed by atoms with Gasteiger partial charge in [-0.3, -0.25) is 9.78 Å². The monoisotopic (exact) mass is 468 g/mol. The number of carbonyl (C=O) groups is 2. The lowest BCUT2D eigenvalue weighted by Gasteiger charge is -2.38. The van der Waals surface area contributed by atoms with Crippen molar-refractivity contribution in [1.29, 1.82) is 5.26 Å². The number of urea groups is 1. The summed E-state index contributed by atoms with van der Waals surface area (Å²) >= 11 is 0. The molecule has 1 unspecified atom stereocenters. The van der Waals surface area contributed by atoms with E-state index < -0.39 is 17.6 Å². The number of nitrogens with zero attached hydrogens (tertiary/aromatic N) is 4. The Balaban J connectivity index is 1.86. The molecule has 1 saturated heterocycles. The third-order valence-corrected chi connectivity index (χ3v) is 6.63. The smallest absolute Gasteiger partial charge is 0.342 e. The number of carbonyl (C=O) groups excluding carboxylic acids is 2. The van der Waals surface area contributed by atoms with Crippen LogP contribution < -0.4 is 21.3 Å². The summed E-state index contributed by atoms with van der Waals surface area (Å²) in [4.78, 5) is 38.5. The van der Waals surface area contributed by atoms with E-state index in [0.29, 0.717) is 37.4 Å². The molecule has 3 rings (SSSR count). The Morgan fingerprint density at radius 2 is 2.03 bits per heavy atom. The van der Waals surface area contributed by atoms with Gasteiger partial charge in [-0.15, -0.1) is 0 Å². The fourth-order valence-electron chi connectivity index (χ4n) is 4.78. The fraction of sp³-hybridized carbons (Fsp3) is 0.667. The number of nitriles is 1. The van der Waals surface area contributed by atoms with Crippen molar-refractivity contribution in [3.8, 4) is 6.07 Å². The van der Waals surface area contributed by atoms with Crippen LogP contribution in [0, 0.1) is 17.2 Å². The molecule has 184 valence electrons. The number of rotatable bonds is 8. The van der Waals surface area contributed by atoms with Crippen LogP contribution >= 0.6 is 0 Å². The van der Waals surface area contributed by atoms with E-state index in [2.05, 4.69) is 42.3 Å². The van der Waals surface area contributed by atoms with Crippen molar-refractivity contribution in [3.63, 3.8) is 0 Å². The molecule has 1 saturated carbocycles. The lowest BCUT2D eigenvalue weighted by molar-refractivity contribution is -0.125. The van der Waals surface area contributed by atoms with Gasteiger partial charge in [0.15, 0.2) is 5.84 Å². The maximum Gasteiger partial charge on any atom is 0.342 e. The molecule has 1 atom stereocenters. The highest BCUT2D eigenvalue weighted by Crippen LogP contribution is 2.28. The average molecular weight is 469 g/mol. The van der Waals surface area contributed by atoms with Crippen LogP contribution in [0.4, 0.5) is 4.79 Å². The van der Waals surface area contributed by atoms with E-state index in [9.17, 15) is 14.9 Å². The van der Waals surface area contributed by atoms with Gasteiger partial charge in [-0.25, -0.2) is 9.78 Å². The first kappa shape index (κ1) is 25.6. The van der Waals surface area contributed by atoms with Crippen LogP contribution in [0.2, 0.25) is 0 Å². The summed E-state index contributed by atoms with van der Waals surface area (Å²) in [6.07, 6.45) is 12.6. The van der Waals surface area contributed by atoms with Crippen LogP contribution in [-0.4, -0.2) is 59.0 Å². The summed E-state index contributed by atoms with van der Waals surface area (Å²) in [5.41, 5.74) is -0.156. The molecule has 0 radical (unpaired) electrons. The number of amides is 3. The molecule has 1 aromatic rings. The number of aliphatic imine (C=N–C) groups is 1. The first-order chi connectivity index (χ1) is 16.5. The van der Waals surface area contributed by atoms with Crippen molar-refractivity contribution >= 4 is 17.8 Å². The van der Waals surface area contributed by atoms with Crippen LogP contribution in [0.25, 0.3) is 0 Å². The Bertz CT molecular complexity index is 871. The summed E-state index contributed by atoms with van der Waals surface area (Å²) < 4.78 is 0. The van der Waals surface area contributed by atoms with Crippen molar-refractivity contribution in [1.82, 2.24) is 31.2 Å². The maximum atomic E-state index is 13.6. The van der Waals surface area contributed by atoms with E-state index in [-0.39, 0.29) is 18.2 Å². The van der Waals surface area contributed by atoms with Gasteiger partial charge in [0.1, 0.15) is 11.7 Å². The van der Waals surface area contributed by atoms with Gasteiger partial charge in [-0.1, -0.05) is 32.1 Å². The molecule has 1 aromatic heterocycles. The molecule has 0 bridgehead atoms. The van der Waals surface area contributed by atoms with E-state index >= 15 is 0 Å². The zero-order chi connectivity index (χ0) is 24.2. The standard InChI is InChI=1S/C24H36N8O2/c1-2-28-23(34)31-21(20-17-27-14-15-29-20)30-19(16-18-6-4-3-5-7-18)22(33)32-24(8-11-25)9-12-26-13-10-24/h14-15,17-19,26H,2-10,12-13,16H2,1H3,(H,32,33)(H2,28,30,31,34). The normalized spacial score (nSPS) is 19.5. The van der Waals surface area contributed by atoms with Gasteiger partial charge < -0.3 is 21.3 Å². The molecule has 1 aliphatic carbocycles. The average Bonchev–Trinajstić information content (AvgIpc) is 2.85. The molecule has 2 fully saturated rings. The Morgan fingerprint density at radius 1 is 1.26 bits per heavy atom. The molecule has 10 heteroatoms. The predicted molar refractivity (Wildman–Crippen MR) is 129 cm³/mol. The molecule has 1 aliphatic heterocycles. The largest absolute Gasteiger partial charge is 0.356 e. The minimum atomic E-state index is -0.608. The zero-order valence-corrected chi connectivity index (χ0v) is 20.0. The van der Waals surface area contributed by atoms with Crippen molar-refractivity contribution in [2.75, 3.05) is 19.6 Å². The number of hydrogen-bond acceptors (Lipinski definition) is 6. The van der Waals surface area contributed by atoms with Gasteiger partial charge in [-0.05, 0) is 45.2 Å². The summed E-state index contributed by atoms with van der Waals surface area (Å²) in [7, 11) is 0. The molecule has 2 aliphatic rings. The van der Waals surface area contributed by atoms with Crippen molar-refractivity contribution in [2.24, 2.45) is 10.9 Å². The van der Waals surface area contributed by atoms with Crippen LogP contribution in [0.1, 0.15) is 70.4 Å². The molecular formula is C24H36N8O2. The van der Waals surface area contributed by atoms with Crippen LogP contribution in [-0.2, 0) is 4.79 Å². The van der Waals surface area contributed by atoms with Gasteiger partial charge in [0.2, 0.25) is 5.91 Å². The number of piperidine rings is 1. The van der Waals surface area contributed by atoms with E-state index in [1.54, 1.807) is 6.20 Å². The Labute approximate surface area is 201 Å². The highest BCUT2D eigenvalue weighted by Gasteiger charge is 2.36. The van der Waals surface area contributed by atoms with Crippen LogP contribution in [0.5, 0.6) is 0 Å². The molecule has 4 N–H and O–H groups in total. The van der Waals surface area contributed by atoms with Crippen LogP contribution in [0.3, 0.4) is 0 Å². The second-order valence-electron chi connectivity index (χ2n) is 9.18. The first-order valence-electron chi connectivity index (χ1n) is 12.3. The van der Waals surface area contributed by atoms with Gasteiger partial charge in [0.25, 0.3) is 0 Å². The molecule has 0 spiro atoms. The van der Waals surface area contributed by atoms with E-state index in [4.69, 9.17) is 0 Å². The van der Waals surface area contributed by atoms with Gasteiger partial charge >= 0.3 is 6.03 Å². The van der Waals surface area contributed by atoms with E-state index in [0.717, 1.165) is 38.8 Å². The Hall–Kier alpha value is -3.06. The van der Waals surface area contributed by atoms with Gasteiger partial charge in [0, 0.05) is 18.9 Å².